The third-order valence-corrected chi connectivity index (χ3v) is 14.9. The molecule has 4 heteroatoms. The van der Waals surface area contributed by atoms with Gasteiger partial charge in [-0.2, -0.15) is 0 Å². The predicted octanol–water partition coefficient (Wildman–Crippen LogP) is 19.8. The van der Waals surface area contributed by atoms with E-state index in [0.717, 1.165) is 33.3 Å². The third-order valence-electron chi connectivity index (χ3n) is 14.9. The summed E-state index contributed by atoms with van der Waals surface area (Å²) < 4.78 is 136. The molecule has 0 N–H and O–H groups in total. The Morgan fingerprint density at radius 3 is 1.10 bits per heavy atom. The number of anilines is 6. The second kappa shape index (κ2) is 15.8. The van der Waals surface area contributed by atoms with Crippen LogP contribution in [0.2, 0.25) is 0 Å². The lowest BCUT2D eigenvalue weighted by Gasteiger charge is -2.27. The van der Waals surface area contributed by atoms with Crippen LogP contribution >= 0.6 is 0 Å². The number of fused-ring (bicyclic) bond motifs is 12. The minimum Gasteiger partial charge on any atom is -0.310 e. The Bertz CT molecular complexity index is 4690. The molecule has 0 spiro atoms. The first-order chi connectivity index (χ1) is 40.5. The minimum absolute atomic E-state index is 0.146. The van der Waals surface area contributed by atoms with Crippen LogP contribution < -0.4 is 9.80 Å². The molecule has 4 heterocycles. The summed E-state index contributed by atoms with van der Waals surface area (Å²) in [6.45, 7) is 20.9. The summed E-state index contributed by atoms with van der Waals surface area (Å²) >= 11 is 0. The molecule has 72 heavy (non-hydrogen) atoms. The fraction of sp³-hybridized carbons (Fsp3) is 0.206. The van der Waals surface area contributed by atoms with Crippen molar-refractivity contribution < 1.29 is 19.2 Å². The molecule has 0 unspecified atom stereocenters. The van der Waals surface area contributed by atoms with E-state index >= 15 is 0 Å². The van der Waals surface area contributed by atoms with Crippen LogP contribution in [0.4, 0.5) is 34.1 Å². The molecule has 13 rings (SSSR count). The first kappa shape index (κ1) is 31.5. The van der Waals surface area contributed by atoms with Crippen LogP contribution in [-0.4, -0.2) is 8.80 Å². The van der Waals surface area contributed by atoms with E-state index in [9.17, 15) is 11.0 Å². The highest BCUT2D eigenvalue weighted by Crippen LogP contribution is 2.52. The van der Waals surface area contributed by atoms with Crippen molar-refractivity contribution in [3.63, 3.8) is 0 Å². The molecule has 0 saturated carbocycles. The van der Waals surface area contributed by atoms with Crippen LogP contribution in [0.1, 0.15) is 123 Å². The van der Waals surface area contributed by atoms with Crippen LogP contribution in [0, 0.1) is 0 Å². The Hall–Kier alpha value is -7.82. The van der Waals surface area contributed by atoms with Gasteiger partial charge in [-0.3, -0.25) is 0 Å². The van der Waals surface area contributed by atoms with Gasteiger partial charge < -0.3 is 18.6 Å². The fourth-order valence-electron chi connectivity index (χ4n) is 11.0. The summed E-state index contributed by atoms with van der Waals surface area (Å²) in [4.78, 5) is 3.13. The van der Waals surface area contributed by atoms with Gasteiger partial charge in [-0.15, -0.1) is 0 Å². The average Bonchev–Trinajstić information content (AvgIpc) is 1.50. The van der Waals surface area contributed by atoms with Gasteiger partial charge >= 0.3 is 0 Å². The molecule has 354 valence electrons. The van der Waals surface area contributed by atoms with E-state index in [1.54, 1.807) is 9.80 Å². The normalized spacial score (nSPS) is 15.6. The minimum atomic E-state index is -0.559. The lowest BCUT2D eigenvalue weighted by molar-refractivity contribution is 0.591. The summed E-state index contributed by atoms with van der Waals surface area (Å²) in [6.07, 6.45) is 0. The van der Waals surface area contributed by atoms with E-state index in [4.69, 9.17) is 8.22 Å². The molecule has 0 atom stereocenters. The quantitative estimate of drug-likeness (QED) is 0.151. The van der Waals surface area contributed by atoms with Gasteiger partial charge in [-0.25, -0.2) is 0 Å². The Morgan fingerprint density at radius 2 is 0.750 bits per heavy atom. The van der Waals surface area contributed by atoms with Gasteiger partial charge in [-0.05, 0) is 142 Å². The Balaban J connectivity index is 1.22. The summed E-state index contributed by atoms with van der Waals surface area (Å²) in [5.41, 5.74) is 7.98. The molecular formula is C68H62N4. The molecule has 0 aliphatic carbocycles. The zero-order valence-electron chi connectivity index (χ0n) is 56.2. The number of hydrogen-bond donors (Lipinski definition) is 0. The maximum Gasteiger partial charge on any atom is 0.0645 e. The molecule has 0 fully saturated rings. The SMILES string of the molecule is [2H]c1c([2H])c([2H])c(N(c2ccc(C(C)C)cc2)c2c([2H])c([2H])c3c4cc5c(cc4n4c6ccc(C(C)(C)C)cc6c2c34)c2c([2H])c([2H])c(N(c3ccc(C(C)C)cc3)c3c([2H])c([2H])c([2H])c([2H])c3[2H])c3c4cc(C(C)(C)C)ccc4n5c23)c([2H])c1[2H]. The zero-order valence-corrected chi connectivity index (χ0v) is 42.2. The first-order valence-corrected chi connectivity index (χ1v) is 24.8. The van der Waals surface area contributed by atoms with Gasteiger partial charge in [0.25, 0.3) is 0 Å². The number of rotatable bonds is 8. The largest absolute Gasteiger partial charge is 0.310 e. The summed E-state index contributed by atoms with van der Waals surface area (Å²) in [6, 6.07) is 25.4. The van der Waals surface area contributed by atoms with Crippen LogP contribution in [0.15, 0.2) is 182 Å². The van der Waals surface area contributed by atoms with E-state index in [2.05, 4.69) is 102 Å². The highest BCUT2D eigenvalue weighted by Gasteiger charge is 2.29. The monoisotopic (exact) mass is 949 g/mol. The summed E-state index contributed by atoms with van der Waals surface area (Å²) in [5, 5.41) is 4.61. The standard InChI is InChI=1S/C68H62N4/c1-41(2)43-21-27-49(28-22-43)69(47-17-13-11-14-18-47)59-35-31-51-53-39-62-54(40-61(53)71-57-33-25-45(67(5,6)7)37-55(57)63(59)65(51)71)52-32-36-60(64-56-38-46(68(8,9)10)26-34-58(56)72(62)66(52)64)70(48-19-15-12-16-20-48)50-29-23-44(24-30-50)42(3)4/h11-42H,1-10H3/i11D,12D,13D,14D,15D,16D,17D,18D,19D,20D,31D,32D,35D,36D. The van der Waals surface area contributed by atoms with Crippen LogP contribution in [-0.2, 0) is 10.8 Å². The van der Waals surface area contributed by atoms with Crippen molar-refractivity contribution in [3.8, 4) is 0 Å². The van der Waals surface area contributed by atoms with Crippen molar-refractivity contribution >= 4 is 110 Å². The Kier molecular flexibility index (Phi) is 6.93. The van der Waals surface area contributed by atoms with Crippen molar-refractivity contribution in [3.05, 3.63) is 204 Å². The highest BCUT2D eigenvalue weighted by atomic mass is 15.2. The molecule has 13 aromatic rings. The fourth-order valence-corrected chi connectivity index (χ4v) is 11.0. The Labute approximate surface area is 442 Å². The van der Waals surface area contributed by atoms with E-state index < -0.39 is 60.4 Å². The second-order valence-electron chi connectivity index (χ2n) is 22.0. The van der Waals surface area contributed by atoms with E-state index in [0.29, 0.717) is 76.5 Å². The highest BCUT2D eigenvalue weighted by molar-refractivity contribution is 6.32. The molecule has 0 amide bonds. The van der Waals surface area contributed by atoms with Crippen LogP contribution in [0.3, 0.4) is 0 Å². The lowest BCUT2D eigenvalue weighted by atomic mass is 9.86. The molecule has 9 aromatic carbocycles. The summed E-state index contributed by atoms with van der Waals surface area (Å²) in [7, 11) is 0. The van der Waals surface area contributed by atoms with E-state index in [1.807, 2.05) is 72.8 Å². The van der Waals surface area contributed by atoms with Crippen molar-refractivity contribution in [1.82, 2.24) is 8.80 Å². The van der Waals surface area contributed by atoms with Crippen molar-refractivity contribution in [2.24, 2.45) is 0 Å². The van der Waals surface area contributed by atoms with Gasteiger partial charge in [0.2, 0.25) is 0 Å². The Morgan fingerprint density at radius 1 is 0.375 bits per heavy atom. The molecule has 0 radical (unpaired) electrons. The van der Waals surface area contributed by atoms with Gasteiger partial charge in [0.05, 0.1) is 63.7 Å². The lowest BCUT2D eigenvalue weighted by Crippen LogP contribution is -2.11. The predicted molar refractivity (Wildman–Crippen MR) is 311 cm³/mol. The van der Waals surface area contributed by atoms with Crippen LogP contribution in [0.5, 0.6) is 0 Å². The maximum atomic E-state index is 10.4. The van der Waals surface area contributed by atoms with Crippen molar-refractivity contribution in [1.29, 1.82) is 0 Å². The van der Waals surface area contributed by atoms with Gasteiger partial charge in [0.15, 0.2) is 0 Å². The summed E-state index contributed by atoms with van der Waals surface area (Å²) in [5.74, 6) is 0.291. The van der Waals surface area contributed by atoms with Gasteiger partial charge in [0, 0.05) is 65.8 Å². The molecule has 0 saturated heterocycles. The first-order valence-electron chi connectivity index (χ1n) is 31.8. The number of nitrogens with zero attached hydrogens (tertiary/aromatic N) is 4. The molecular weight excluding hydrogens is 873 g/mol. The zero-order chi connectivity index (χ0) is 61.7. The molecule has 0 aliphatic heterocycles. The van der Waals surface area contributed by atoms with Crippen molar-refractivity contribution in [2.45, 2.75) is 91.9 Å². The molecule has 0 aliphatic rings. The van der Waals surface area contributed by atoms with E-state index in [-0.39, 0.29) is 69.6 Å². The number of benzene rings is 9. The third kappa shape index (κ3) is 6.57. The molecule has 4 nitrogen and oxygen atoms in total. The smallest absolute Gasteiger partial charge is 0.0645 e. The van der Waals surface area contributed by atoms with Crippen molar-refractivity contribution in [2.75, 3.05) is 9.80 Å². The van der Waals surface area contributed by atoms with Crippen LogP contribution in [0.25, 0.3) is 76.2 Å². The topological polar surface area (TPSA) is 15.3 Å². The maximum absolute atomic E-state index is 10.4. The number of para-hydroxylation sites is 2. The average molecular weight is 949 g/mol. The number of aromatic nitrogens is 2. The molecule has 4 aromatic heterocycles. The van der Waals surface area contributed by atoms with E-state index in [1.165, 1.54) is 0 Å². The second-order valence-corrected chi connectivity index (χ2v) is 22.0. The number of hydrogen-bond acceptors (Lipinski definition) is 2. The molecule has 0 bridgehead atoms. The van der Waals surface area contributed by atoms with Gasteiger partial charge in [0.1, 0.15) is 0 Å². The van der Waals surface area contributed by atoms with Gasteiger partial charge in [-0.1, -0.05) is 154 Å².